The molecule has 1 atom stereocenters. The average Bonchev–Trinajstić information content (AvgIpc) is 3.45. The summed E-state index contributed by atoms with van der Waals surface area (Å²) in [5.74, 6) is -0.882. The molecule has 0 aromatic heterocycles. The van der Waals surface area contributed by atoms with Crippen LogP contribution in [-0.2, 0) is 28.6 Å². The molecule has 454 valence electrons. The molecular formula is C73H126O6. The summed E-state index contributed by atoms with van der Waals surface area (Å²) in [7, 11) is 0. The van der Waals surface area contributed by atoms with Crippen molar-refractivity contribution >= 4 is 17.9 Å². The maximum atomic E-state index is 12.9. The summed E-state index contributed by atoms with van der Waals surface area (Å²) in [4.78, 5) is 38.3. The monoisotopic (exact) mass is 1100 g/mol. The lowest BCUT2D eigenvalue weighted by atomic mass is 10.0. The molecule has 0 aromatic carbocycles. The van der Waals surface area contributed by atoms with Crippen LogP contribution in [-0.4, -0.2) is 37.2 Å². The highest BCUT2D eigenvalue weighted by Crippen LogP contribution is 2.17. The van der Waals surface area contributed by atoms with Crippen molar-refractivity contribution in [3.63, 3.8) is 0 Å². The molecule has 0 rings (SSSR count). The van der Waals surface area contributed by atoms with Gasteiger partial charge in [0.05, 0.1) is 0 Å². The number of ether oxygens (including phenoxy) is 3. The van der Waals surface area contributed by atoms with Gasteiger partial charge in [-0.15, -0.1) is 0 Å². The molecular weight excluding hydrogens is 973 g/mol. The lowest BCUT2D eigenvalue weighted by Gasteiger charge is -2.18. The fraction of sp³-hybridized carbons (Fsp3) is 0.740. The first kappa shape index (κ1) is 75.3. The van der Waals surface area contributed by atoms with Crippen LogP contribution in [0.1, 0.15) is 329 Å². The van der Waals surface area contributed by atoms with Crippen LogP contribution in [0.5, 0.6) is 0 Å². The summed E-state index contributed by atoms with van der Waals surface area (Å²) >= 11 is 0. The molecule has 0 aliphatic heterocycles. The smallest absolute Gasteiger partial charge is 0.306 e. The summed E-state index contributed by atoms with van der Waals surface area (Å²) < 4.78 is 16.9. The van der Waals surface area contributed by atoms with Crippen molar-refractivity contribution < 1.29 is 28.6 Å². The molecule has 0 heterocycles. The third kappa shape index (κ3) is 65.0. The number of allylic oxidation sites excluding steroid dienone is 16. The van der Waals surface area contributed by atoms with E-state index in [2.05, 4.69) is 118 Å². The maximum absolute atomic E-state index is 12.9. The SMILES string of the molecule is CC/C=C\C/C=C\C/C=C\C/C=C\C/C=C\CCCCCCCCCCCCCCCCCC(=O)OCC(COC(=O)CCCCCCCCCCCCCCCCC)OC(=O)CCCCCCC/C=C\C/C=C\C/C=C\CC. The van der Waals surface area contributed by atoms with E-state index in [9.17, 15) is 14.4 Å². The molecule has 0 saturated heterocycles. The quantitative estimate of drug-likeness (QED) is 0.0261. The van der Waals surface area contributed by atoms with Crippen molar-refractivity contribution in [1.29, 1.82) is 0 Å². The molecule has 0 bridgehead atoms. The van der Waals surface area contributed by atoms with E-state index in [4.69, 9.17) is 14.2 Å². The van der Waals surface area contributed by atoms with Gasteiger partial charge in [-0.25, -0.2) is 0 Å². The van der Waals surface area contributed by atoms with E-state index in [0.717, 1.165) is 128 Å². The van der Waals surface area contributed by atoms with Gasteiger partial charge in [0.15, 0.2) is 6.10 Å². The van der Waals surface area contributed by atoms with Gasteiger partial charge < -0.3 is 14.2 Å². The molecule has 6 heteroatoms. The minimum Gasteiger partial charge on any atom is -0.462 e. The van der Waals surface area contributed by atoms with Crippen molar-refractivity contribution in [2.45, 2.75) is 335 Å². The van der Waals surface area contributed by atoms with Gasteiger partial charge in [-0.1, -0.05) is 311 Å². The van der Waals surface area contributed by atoms with Crippen molar-refractivity contribution in [1.82, 2.24) is 0 Å². The van der Waals surface area contributed by atoms with E-state index in [1.807, 2.05) is 0 Å². The van der Waals surface area contributed by atoms with E-state index in [0.29, 0.717) is 19.3 Å². The second kappa shape index (κ2) is 66.8. The second-order valence-electron chi connectivity index (χ2n) is 22.3. The van der Waals surface area contributed by atoms with E-state index < -0.39 is 6.10 Å². The highest BCUT2D eigenvalue weighted by molar-refractivity contribution is 5.71. The van der Waals surface area contributed by atoms with Crippen molar-refractivity contribution in [2.75, 3.05) is 13.2 Å². The lowest BCUT2D eigenvalue weighted by Crippen LogP contribution is -2.30. The zero-order valence-corrected chi connectivity index (χ0v) is 52.1. The van der Waals surface area contributed by atoms with E-state index in [1.165, 1.54) is 161 Å². The Balaban J connectivity index is 4.22. The second-order valence-corrected chi connectivity index (χ2v) is 22.3. The third-order valence-corrected chi connectivity index (χ3v) is 14.6. The Hall–Kier alpha value is -3.67. The number of carbonyl (C=O) groups is 3. The number of carbonyl (C=O) groups excluding carboxylic acids is 3. The van der Waals surface area contributed by atoms with Crippen LogP contribution in [0.15, 0.2) is 97.2 Å². The molecule has 0 aliphatic carbocycles. The standard InChI is InChI=1S/C73H126O6/c1-4-7-10-13-16-19-22-25-28-29-30-31-32-33-34-35-36-37-38-39-40-41-42-43-46-48-51-54-57-60-63-66-72(75)78-69-70(79-73(76)67-64-61-58-55-52-49-45-27-24-21-18-15-12-9-6-3)68-77-71(74)65-62-59-56-53-50-47-44-26-23-20-17-14-11-8-5-2/h7,9-10,12,16,18-19,21,25,27-28,30-31,33-34,45,70H,4-6,8,11,13-15,17,20,22-24,26,29,32,35-44,46-69H2,1-3H3/b10-7-,12-9-,19-16-,21-18-,28-25-,31-30-,34-33-,45-27-. The number of hydrogen-bond donors (Lipinski definition) is 0. The molecule has 0 saturated carbocycles. The minimum absolute atomic E-state index is 0.0801. The number of unbranched alkanes of at least 4 members (excludes halogenated alkanes) is 34. The highest BCUT2D eigenvalue weighted by atomic mass is 16.6. The Labute approximate surface area is 489 Å². The van der Waals surface area contributed by atoms with Crippen LogP contribution in [0.3, 0.4) is 0 Å². The zero-order chi connectivity index (χ0) is 57.1. The van der Waals surface area contributed by atoms with E-state index >= 15 is 0 Å². The first-order chi connectivity index (χ1) is 39.0. The molecule has 1 unspecified atom stereocenters. The summed E-state index contributed by atoms with van der Waals surface area (Å²) in [6.45, 7) is 6.44. The number of rotatable bonds is 61. The highest BCUT2D eigenvalue weighted by Gasteiger charge is 2.19. The lowest BCUT2D eigenvalue weighted by molar-refractivity contribution is -0.167. The molecule has 0 aromatic rings. The van der Waals surface area contributed by atoms with Gasteiger partial charge in [-0.05, 0) is 96.3 Å². The Morgan fingerprint density at radius 2 is 0.494 bits per heavy atom. The third-order valence-electron chi connectivity index (χ3n) is 14.6. The Kier molecular flexibility index (Phi) is 63.7. The van der Waals surface area contributed by atoms with Crippen LogP contribution >= 0.6 is 0 Å². The van der Waals surface area contributed by atoms with Crippen LogP contribution in [0.25, 0.3) is 0 Å². The first-order valence-electron chi connectivity index (χ1n) is 33.7. The van der Waals surface area contributed by atoms with Gasteiger partial charge in [0, 0.05) is 19.3 Å². The predicted molar refractivity (Wildman–Crippen MR) is 344 cm³/mol. The Bertz CT molecular complexity index is 1540. The molecule has 0 N–H and O–H groups in total. The topological polar surface area (TPSA) is 78.9 Å². The Morgan fingerprint density at radius 3 is 0.772 bits per heavy atom. The molecule has 0 spiro atoms. The summed E-state index contributed by atoms with van der Waals surface area (Å²) in [6.07, 6.45) is 90.0. The number of esters is 3. The minimum atomic E-state index is -0.785. The van der Waals surface area contributed by atoms with Crippen LogP contribution in [0.2, 0.25) is 0 Å². The van der Waals surface area contributed by atoms with Crippen molar-refractivity contribution in [3.8, 4) is 0 Å². The molecule has 0 aliphatic rings. The fourth-order valence-electron chi connectivity index (χ4n) is 9.60. The van der Waals surface area contributed by atoms with Gasteiger partial charge in [-0.3, -0.25) is 14.4 Å². The summed E-state index contributed by atoms with van der Waals surface area (Å²) in [5.41, 5.74) is 0. The molecule has 79 heavy (non-hydrogen) atoms. The van der Waals surface area contributed by atoms with Gasteiger partial charge >= 0.3 is 17.9 Å². The molecule has 0 radical (unpaired) electrons. The summed E-state index contributed by atoms with van der Waals surface area (Å²) in [5, 5.41) is 0. The van der Waals surface area contributed by atoms with E-state index in [1.54, 1.807) is 0 Å². The normalized spacial score (nSPS) is 12.7. The van der Waals surface area contributed by atoms with Gasteiger partial charge in [0.2, 0.25) is 0 Å². The fourth-order valence-corrected chi connectivity index (χ4v) is 9.60. The molecule has 0 amide bonds. The Morgan fingerprint density at radius 1 is 0.266 bits per heavy atom. The predicted octanol–water partition coefficient (Wildman–Crippen LogP) is 23.2. The average molecular weight is 1100 g/mol. The van der Waals surface area contributed by atoms with Crippen molar-refractivity contribution in [2.24, 2.45) is 0 Å². The number of hydrogen-bond acceptors (Lipinski definition) is 6. The first-order valence-corrected chi connectivity index (χ1v) is 33.7. The van der Waals surface area contributed by atoms with E-state index in [-0.39, 0.29) is 31.1 Å². The van der Waals surface area contributed by atoms with Crippen molar-refractivity contribution in [3.05, 3.63) is 97.2 Å². The van der Waals surface area contributed by atoms with Crippen LogP contribution in [0.4, 0.5) is 0 Å². The van der Waals surface area contributed by atoms with Gasteiger partial charge in [0.25, 0.3) is 0 Å². The van der Waals surface area contributed by atoms with Gasteiger partial charge in [-0.2, -0.15) is 0 Å². The van der Waals surface area contributed by atoms with Crippen LogP contribution < -0.4 is 0 Å². The molecule has 6 nitrogen and oxygen atoms in total. The van der Waals surface area contributed by atoms with Gasteiger partial charge in [0.1, 0.15) is 13.2 Å². The largest absolute Gasteiger partial charge is 0.462 e. The molecule has 0 fully saturated rings. The zero-order valence-electron chi connectivity index (χ0n) is 52.1. The van der Waals surface area contributed by atoms with Crippen LogP contribution in [0, 0.1) is 0 Å². The summed E-state index contributed by atoms with van der Waals surface area (Å²) in [6, 6.07) is 0. The maximum Gasteiger partial charge on any atom is 0.306 e.